The zero-order chi connectivity index (χ0) is 19.3. The Morgan fingerprint density at radius 1 is 1.38 bits per heavy atom. The average molecular weight is 361 g/mol. The smallest absolute Gasteiger partial charge is 0.305 e. The highest BCUT2D eigenvalue weighted by atomic mass is 16.6. The van der Waals surface area contributed by atoms with Gasteiger partial charge in [0.15, 0.2) is 5.69 Å². The standard InChI is InChI=1S/C16H19N5O5/c1-11(2)9-19(7-6-15(22)23)16(24)14-10-20(18-17-14)12-4-3-5-13(8-12)21(25)26/h3-5,8,10-11H,6-7,9H2,1-2H3,(H,22,23). The maximum Gasteiger partial charge on any atom is 0.305 e. The van der Waals surface area contributed by atoms with Gasteiger partial charge in [0.1, 0.15) is 0 Å². The molecule has 0 aliphatic rings. The third-order valence-electron chi connectivity index (χ3n) is 3.49. The quantitative estimate of drug-likeness (QED) is 0.559. The molecule has 0 bridgehead atoms. The molecular weight excluding hydrogens is 342 g/mol. The largest absolute Gasteiger partial charge is 0.481 e. The Bertz CT molecular complexity index is 817. The van der Waals surface area contributed by atoms with E-state index in [-0.39, 0.29) is 30.3 Å². The molecule has 0 spiro atoms. The number of amides is 1. The number of nitrogens with zero attached hydrogens (tertiary/aromatic N) is 5. The lowest BCUT2D eigenvalue weighted by atomic mass is 10.2. The summed E-state index contributed by atoms with van der Waals surface area (Å²) in [6.07, 6.45) is 1.20. The van der Waals surface area contributed by atoms with Crippen molar-refractivity contribution in [2.75, 3.05) is 13.1 Å². The molecule has 0 radical (unpaired) electrons. The fourth-order valence-electron chi connectivity index (χ4n) is 2.35. The van der Waals surface area contributed by atoms with Crippen LogP contribution in [0.5, 0.6) is 0 Å². The van der Waals surface area contributed by atoms with E-state index in [1.807, 2.05) is 13.8 Å². The molecule has 26 heavy (non-hydrogen) atoms. The lowest BCUT2D eigenvalue weighted by Crippen LogP contribution is -2.36. The van der Waals surface area contributed by atoms with Gasteiger partial charge < -0.3 is 10.0 Å². The Morgan fingerprint density at radius 2 is 2.12 bits per heavy atom. The second-order valence-electron chi connectivity index (χ2n) is 6.11. The Labute approximate surface area is 149 Å². The van der Waals surface area contributed by atoms with Crippen molar-refractivity contribution in [2.45, 2.75) is 20.3 Å². The van der Waals surface area contributed by atoms with Crippen LogP contribution in [0.4, 0.5) is 5.69 Å². The Balaban J connectivity index is 2.23. The lowest BCUT2D eigenvalue weighted by Gasteiger charge is -2.22. The van der Waals surface area contributed by atoms with Gasteiger partial charge in [-0.2, -0.15) is 0 Å². The third-order valence-corrected chi connectivity index (χ3v) is 3.49. The van der Waals surface area contributed by atoms with E-state index in [1.54, 1.807) is 6.07 Å². The molecule has 138 valence electrons. The molecule has 1 aromatic heterocycles. The zero-order valence-corrected chi connectivity index (χ0v) is 14.4. The normalized spacial score (nSPS) is 10.7. The second kappa shape index (κ2) is 8.19. The summed E-state index contributed by atoms with van der Waals surface area (Å²) in [6.45, 7) is 4.29. The molecule has 10 nitrogen and oxygen atoms in total. The highest BCUT2D eigenvalue weighted by Crippen LogP contribution is 2.16. The molecule has 1 N–H and O–H groups in total. The molecule has 0 fully saturated rings. The van der Waals surface area contributed by atoms with Crippen LogP contribution in [0, 0.1) is 16.0 Å². The predicted molar refractivity (Wildman–Crippen MR) is 91.0 cm³/mol. The van der Waals surface area contributed by atoms with Gasteiger partial charge in [-0.05, 0) is 12.0 Å². The fraction of sp³-hybridized carbons (Fsp3) is 0.375. The van der Waals surface area contributed by atoms with Crippen LogP contribution < -0.4 is 0 Å². The minimum absolute atomic E-state index is 0.0440. The molecule has 2 aromatic rings. The van der Waals surface area contributed by atoms with Crippen molar-refractivity contribution in [2.24, 2.45) is 5.92 Å². The van der Waals surface area contributed by atoms with Crippen LogP contribution in [0.2, 0.25) is 0 Å². The number of carbonyl (C=O) groups is 2. The van der Waals surface area contributed by atoms with Crippen LogP contribution >= 0.6 is 0 Å². The third kappa shape index (κ3) is 4.85. The van der Waals surface area contributed by atoms with Gasteiger partial charge in [-0.25, -0.2) is 4.68 Å². The van der Waals surface area contributed by atoms with Gasteiger partial charge in [-0.3, -0.25) is 19.7 Å². The summed E-state index contributed by atoms with van der Waals surface area (Å²) in [5.74, 6) is -1.28. The number of nitro groups is 1. The minimum atomic E-state index is -0.994. The number of carbonyl (C=O) groups excluding carboxylic acids is 1. The topological polar surface area (TPSA) is 131 Å². The number of carboxylic acids is 1. The van der Waals surface area contributed by atoms with Crippen LogP contribution in [-0.2, 0) is 4.79 Å². The van der Waals surface area contributed by atoms with Crippen molar-refractivity contribution in [3.63, 3.8) is 0 Å². The van der Waals surface area contributed by atoms with Crippen LogP contribution in [0.1, 0.15) is 30.8 Å². The van der Waals surface area contributed by atoms with E-state index >= 15 is 0 Å². The van der Waals surface area contributed by atoms with Crippen LogP contribution in [-0.4, -0.2) is 54.9 Å². The molecule has 0 aliphatic heterocycles. The molecule has 10 heteroatoms. The number of aromatic nitrogens is 3. The van der Waals surface area contributed by atoms with E-state index in [9.17, 15) is 19.7 Å². The summed E-state index contributed by atoms with van der Waals surface area (Å²) in [5, 5.41) is 27.4. The van der Waals surface area contributed by atoms with Crippen LogP contribution in [0.15, 0.2) is 30.5 Å². The molecule has 0 atom stereocenters. The van der Waals surface area contributed by atoms with Crippen LogP contribution in [0.3, 0.4) is 0 Å². The first kappa shape index (κ1) is 19.0. The Hall–Kier alpha value is -3.30. The number of hydrogen-bond donors (Lipinski definition) is 1. The summed E-state index contributed by atoms with van der Waals surface area (Å²) in [4.78, 5) is 35.2. The molecule has 0 saturated heterocycles. The SMILES string of the molecule is CC(C)CN(CCC(=O)O)C(=O)c1cn(-c2cccc([N+](=O)[O-])c2)nn1. The van der Waals surface area contributed by atoms with E-state index < -0.39 is 16.8 Å². The number of carboxylic acid groups (broad SMARTS) is 1. The van der Waals surface area contributed by atoms with Crippen molar-refractivity contribution >= 4 is 17.6 Å². The first-order valence-corrected chi connectivity index (χ1v) is 7.96. The predicted octanol–water partition coefficient (Wildman–Crippen LogP) is 1.75. The number of nitro benzene ring substituents is 1. The first-order chi connectivity index (χ1) is 12.3. The molecule has 2 rings (SSSR count). The van der Waals surface area contributed by atoms with Gasteiger partial charge in [-0.1, -0.05) is 25.1 Å². The molecule has 0 unspecified atom stereocenters. The monoisotopic (exact) mass is 361 g/mol. The summed E-state index contributed by atoms with van der Waals surface area (Å²) in [7, 11) is 0. The van der Waals surface area contributed by atoms with E-state index in [4.69, 9.17) is 5.11 Å². The number of benzene rings is 1. The van der Waals surface area contributed by atoms with E-state index in [0.29, 0.717) is 12.2 Å². The summed E-state index contributed by atoms with van der Waals surface area (Å²) in [5.41, 5.74) is 0.336. The second-order valence-corrected chi connectivity index (χ2v) is 6.11. The van der Waals surface area contributed by atoms with Crippen molar-refractivity contribution in [3.8, 4) is 5.69 Å². The number of rotatable bonds is 8. The molecule has 1 amide bonds. The number of aliphatic carboxylic acids is 1. The Kier molecular flexibility index (Phi) is 5.99. The van der Waals surface area contributed by atoms with Crippen LogP contribution in [0.25, 0.3) is 5.69 Å². The van der Waals surface area contributed by atoms with Gasteiger partial charge in [0.05, 0.1) is 23.2 Å². The maximum atomic E-state index is 12.6. The summed E-state index contributed by atoms with van der Waals surface area (Å²) < 4.78 is 1.27. The van der Waals surface area contributed by atoms with Gasteiger partial charge in [0.2, 0.25) is 0 Å². The highest BCUT2D eigenvalue weighted by Gasteiger charge is 2.21. The van der Waals surface area contributed by atoms with Gasteiger partial charge in [-0.15, -0.1) is 5.10 Å². The molecule has 1 heterocycles. The van der Waals surface area contributed by atoms with Crippen molar-refractivity contribution in [3.05, 3.63) is 46.3 Å². The summed E-state index contributed by atoms with van der Waals surface area (Å²) >= 11 is 0. The van der Waals surface area contributed by atoms with Gasteiger partial charge in [0, 0.05) is 25.2 Å². The summed E-state index contributed by atoms with van der Waals surface area (Å²) in [6, 6.07) is 5.78. The van der Waals surface area contributed by atoms with Crippen molar-refractivity contribution in [1.29, 1.82) is 0 Å². The van der Waals surface area contributed by atoms with Crippen molar-refractivity contribution in [1.82, 2.24) is 19.9 Å². The average Bonchev–Trinajstić information content (AvgIpc) is 3.07. The number of hydrogen-bond acceptors (Lipinski definition) is 6. The minimum Gasteiger partial charge on any atom is -0.481 e. The molecule has 1 aromatic carbocycles. The van der Waals surface area contributed by atoms with E-state index in [0.717, 1.165) is 0 Å². The highest BCUT2D eigenvalue weighted by molar-refractivity contribution is 5.92. The van der Waals surface area contributed by atoms with E-state index in [2.05, 4.69) is 10.3 Å². The number of non-ortho nitro benzene ring substituents is 1. The lowest BCUT2D eigenvalue weighted by molar-refractivity contribution is -0.384. The Morgan fingerprint density at radius 3 is 2.73 bits per heavy atom. The molecule has 0 aliphatic carbocycles. The van der Waals surface area contributed by atoms with E-state index in [1.165, 1.54) is 34.0 Å². The fourth-order valence-corrected chi connectivity index (χ4v) is 2.35. The van der Waals surface area contributed by atoms with Crippen molar-refractivity contribution < 1.29 is 19.6 Å². The maximum absolute atomic E-state index is 12.6. The molecule has 0 saturated carbocycles. The van der Waals surface area contributed by atoms with Gasteiger partial charge in [0.25, 0.3) is 11.6 Å². The molecular formula is C16H19N5O5. The van der Waals surface area contributed by atoms with Gasteiger partial charge >= 0.3 is 5.97 Å². The first-order valence-electron chi connectivity index (χ1n) is 7.96. The zero-order valence-electron chi connectivity index (χ0n) is 14.4.